The van der Waals surface area contributed by atoms with Crippen LogP contribution in [0.5, 0.6) is 0 Å². The lowest BCUT2D eigenvalue weighted by Crippen LogP contribution is -2.18. The standard InChI is InChI=1S/C46H41NO/c1-44(2,3)28-19-24-42-36(25-28)35-15-12-18-41(43(35)48-42)47(29-20-22-33-31-13-8-10-16-37(31)45(4,5)39(33)26-29)30-21-23-34-32-14-9-11-17-38(32)46(6,7)40(34)27-30/h8-27H,1-7H3. The maximum atomic E-state index is 6.80. The van der Waals surface area contributed by atoms with Crippen molar-refractivity contribution < 1.29 is 4.42 Å². The van der Waals surface area contributed by atoms with Crippen molar-refractivity contribution in [3.8, 4) is 22.3 Å². The van der Waals surface area contributed by atoms with Gasteiger partial charge in [-0.3, -0.25) is 0 Å². The summed E-state index contributed by atoms with van der Waals surface area (Å²) in [6.07, 6.45) is 0. The molecule has 2 aliphatic carbocycles. The molecular formula is C46H41NO. The molecule has 0 fully saturated rings. The van der Waals surface area contributed by atoms with Gasteiger partial charge in [0, 0.05) is 33.0 Å². The smallest absolute Gasteiger partial charge is 0.159 e. The average Bonchev–Trinajstić information content (AvgIpc) is 3.65. The Morgan fingerprint density at radius 3 is 1.60 bits per heavy atom. The van der Waals surface area contributed by atoms with Crippen molar-refractivity contribution in [1.29, 1.82) is 0 Å². The molecule has 0 saturated heterocycles. The molecule has 2 nitrogen and oxygen atoms in total. The Balaban J connectivity index is 1.30. The summed E-state index contributed by atoms with van der Waals surface area (Å²) in [5, 5.41) is 2.30. The summed E-state index contributed by atoms with van der Waals surface area (Å²) >= 11 is 0. The van der Waals surface area contributed by atoms with Gasteiger partial charge in [-0.1, -0.05) is 127 Å². The molecule has 0 spiro atoms. The molecule has 1 aromatic heterocycles. The van der Waals surface area contributed by atoms with Gasteiger partial charge in [0.1, 0.15) is 5.58 Å². The Kier molecular flexibility index (Phi) is 5.90. The van der Waals surface area contributed by atoms with Crippen molar-refractivity contribution in [3.05, 3.63) is 149 Å². The van der Waals surface area contributed by atoms with Gasteiger partial charge in [-0.25, -0.2) is 0 Å². The molecule has 236 valence electrons. The molecular weight excluding hydrogens is 583 g/mol. The Bertz CT molecular complexity index is 2340. The first kappa shape index (κ1) is 29.1. The van der Waals surface area contributed by atoms with Gasteiger partial charge in [-0.15, -0.1) is 0 Å². The van der Waals surface area contributed by atoms with Gasteiger partial charge in [-0.05, 0) is 98.0 Å². The van der Waals surface area contributed by atoms with E-state index >= 15 is 0 Å². The topological polar surface area (TPSA) is 16.4 Å². The molecule has 6 aromatic carbocycles. The fourth-order valence-corrected chi connectivity index (χ4v) is 8.52. The normalized spacial score (nSPS) is 15.3. The van der Waals surface area contributed by atoms with Crippen LogP contribution in [0.25, 0.3) is 44.2 Å². The van der Waals surface area contributed by atoms with Crippen LogP contribution in [0.3, 0.4) is 0 Å². The van der Waals surface area contributed by atoms with E-state index in [9.17, 15) is 0 Å². The van der Waals surface area contributed by atoms with E-state index in [-0.39, 0.29) is 16.2 Å². The van der Waals surface area contributed by atoms with Crippen molar-refractivity contribution in [2.24, 2.45) is 0 Å². The van der Waals surface area contributed by atoms with Crippen LogP contribution < -0.4 is 4.90 Å². The molecule has 0 amide bonds. The highest BCUT2D eigenvalue weighted by Gasteiger charge is 2.38. The van der Waals surface area contributed by atoms with Gasteiger partial charge in [0.15, 0.2) is 5.58 Å². The molecule has 0 bridgehead atoms. The zero-order chi connectivity index (χ0) is 33.2. The van der Waals surface area contributed by atoms with Crippen molar-refractivity contribution in [2.45, 2.75) is 64.7 Å². The first-order chi connectivity index (χ1) is 22.9. The fourth-order valence-electron chi connectivity index (χ4n) is 8.52. The Hall–Kier alpha value is -5.08. The van der Waals surface area contributed by atoms with Crippen LogP contribution in [0.1, 0.15) is 76.3 Å². The Morgan fingerprint density at radius 2 is 1.04 bits per heavy atom. The highest BCUT2D eigenvalue weighted by Crippen LogP contribution is 2.53. The summed E-state index contributed by atoms with van der Waals surface area (Å²) < 4.78 is 6.80. The molecule has 2 heteroatoms. The van der Waals surface area contributed by atoms with Gasteiger partial charge < -0.3 is 9.32 Å². The van der Waals surface area contributed by atoms with E-state index in [1.807, 2.05) is 0 Å². The zero-order valence-corrected chi connectivity index (χ0v) is 28.9. The van der Waals surface area contributed by atoms with Gasteiger partial charge in [0.25, 0.3) is 0 Å². The molecule has 7 aromatic rings. The molecule has 0 radical (unpaired) electrons. The predicted octanol–water partition coefficient (Wildman–Crippen LogP) is 13.0. The van der Waals surface area contributed by atoms with E-state index in [0.717, 1.165) is 39.0 Å². The van der Waals surface area contributed by atoms with Crippen LogP contribution in [-0.4, -0.2) is 0 Å². The van der Waals surface area contributed by atoms with E-state index in [2.05, 4.69) is 175 Å². The van der Waals surface area contributed by atoms with Crippen LogP contribution in [0.15, 0.2) is 126 Å². The third kappa shape index (κ3) is 3.99. The van der Waals surface area contributed by atoms with E-state index in [1.165, 1.54) is 50.1 Å². The maximum absolute atomic E-state index is 6.80. The summed E-state index contributed by atoms with van der Waals surface area (Å²) in [4.78, 5) is 2.42. The lowest BCUT2D eigenvalue weighted by Gasteiger charge is -2.29. The summed E-state index contributed by atoms with van der Waals surface area (Å²) in [5.74, 6) is 0. The Labute approximate surface area is 283 Å². The highest BCUT2D eigenvalue weighted by atomic mass is 16.3. The van der Waals surface area contributed by atoms with Crippen LogP contribution in [0.4, 0.5) is 17.1 Å². The number of para-hydroxylation sites is 1. The number of rotatable bonds is 3. The minimum Gasteiger partial charge on any atom is -0.454 e. The highest BCUT2D eigenvalue weighted by molar-refractivity contribution is 6.10. The molecule has 0 saturated carbocycles. The van der Waals surface area contributed by atoms with Crippen LogP contribution in [0, 0.1) is 0 Å². The predicted molar refractivity (Wildman–Crippen MR) is 202 cm³/mol. The van der Waals surface area contributed by atoms with Crippen LogP contribution >= 0.6 is 0 Å². The number of nitrogens with zero attached hydrogens (tertiary/aromatic N) is 1. The first-order valence-electron chi connectivity index (χ1n) is 17.2. The number of hydrogen-bond donors (Lipinski definition) is 0. The molecule has 0 aliphatic heterocycles. The Morgan fingerprint density at radius 1 is 0.500 bits per heavy atom. The summed E-state index contributed by atoms with van der Waals surface area (Å²) in [6.45, 7) is 16.2. The van der Waals surface area contributed by atoms with E-state index in [0.29, 0.717) is 0 Å². The van der Waals surface area contributed by atoms with Crippen LogP contribution in [-0.2, 0) is 16.2 Å². The van der Waals surface area contributed by atoms with E-state index in [1.54, 1.807) is 0 Å². The summed E-state index contributed by atoms with van der Waals surface area (Å²) in [7, 11) is 0. The quantitative estimate of drug-likeness (QED) is 0.195. The van der Waals surface area contributed by atoms with Gasteiger partial charge >= 0.3 is 0 Å². The third-order valence-electron chi connectivity index (χ3n) is 11.2. The monoisotopic (exact) mass is 623 g/mol. The fraction of sp³-hybridized carbons (Fsp3) is 0.217. The molecule has 0 unspecified atom stereocenters. The van der Waals surface area contributed by atoms with Crippen molar-refractivity contribution in [3.63, 3.8) is 0 Å². The van der Waals surface area contributed by atoms with Crippen molar-refractivity contribution >= 4 is 39.0 Å². The number of fused-ring (bicyclic) bond motifs is 9. The summed E-state index contributed by atoms with van der Waals surface area (Å²) in [6, 6.07) is 45.1. The molecule has 48 heavy (non-hydrogen) atoms. The van der Waals surface area contributed by atoms with Gasteiger partial charge in [0.2, 0.25) is 0 Å². The molecule has 0 N–H and O–H groups in total. The second-order valence-corrected chi connectivity index (χ2v) is 15.9. The third-order valence-corrected chi connectivity index (χ3v) is 11.2. The number of anilines is 3. The second kappa shape index (κ2) is 9.73. The molecule has 9 rings (SSSR count). The van der Waals surface area contributed by atoms with Crippen molar-refractivity contribution in [2.75, 3.05) is 4.90 Å². The van der Waals surface area contributed by atoms with E-state index in [4.69, 9.17) is 4.42 Å². The lowest BCUT2D eigenvalue weighted by atomic mass is 9.82. The SMILES string of the molecule is CC(C)(C)c1ccc2oc3c(N(c4ccc5c(c4)C(C)(C)c4ccccc4-5)c4ccc5c(c4)C(C)(C)c4ccccc4-5)cccc3c2c1. The van der Waals surface area contributed by atoms with Gasteiger partial charge in [0.05, 0.1) is 5.69 Å². The number of benzene rings is 6. The molecule has 2 aliphatic rings. The second-order valence-electron chi connectivity index (χ2n) is 15.9. The average molecular weight is 624 g/mol. The minimum atomic E-state index is -0.107. The zero-order valence-electron chi connectivity index (χ0n) is 28.9. The largest absolute Gasteiger partial charge is 0.454 e. The molecule has 1 heterocycles. The maximum Gasteiger partial charge on any atom is 0.159 e. The molecule has 0 atom stereocenters. The number of hydrogen-bond acceptors (Lipinski definition) is 2. The minimum absolute atomic E-state index is 0.0467. The van der Waals surface area contributed by atoms with Crippen LogP contribution in [0.2, 0.25) is 0 Å². The van der Waals surface area contributed by atoms with E-state index < -0.39 is 0 Å². The lowest BCUT2D eigenvalue weighted by molar-refractivity contribution is 0.590. The van der Waals surface area contributed by atoms with Crippen molar-refractivity contribution in [1.82, 2.24) is 0 Å². The van der Waals surface area contributed by atoms with Gasteiger partial charge in [-0.2, -0.15) is 0 Å². The first-order valence-corrected chi connectivity index (χ1v) is 17.2. The summed E-state index contributed by atoms with van der Waals surface area (Å²) in [5.41, 5.74) is 17.1. The number of furan rings is 1.